The van der Waals surface area contributed by atoms with Gasteiger partial charge in [0.05, 0.1) is 0 Å². The number of piperidine rings is 1. The zero-order chi connectivity index (χ0) is 28.2. The third kappa shape index (κ3) is 13.3. The van der Waals surface area contributed by atoms with Crippen molar-refractivity contribution in [1.82, 2.24) is 9.80 Å². The molecule has 1 saturated heterocycles. The molecule has 1 aromatic rings. The third-order valence-corrected chi connectivity index (χ3v) is 7.68. The number of anilines is 1. The van der Waals surface area contributed by atoms with Gasteiger partial charge in [-0.1, -0.05) is 95.9 Å². The van der Waals surface area contributed by atoms with E-state index >= 15 is 0 Å². The summed E-state index contributed by atoms with van der Waals surface area (Å²) in [5, 5.41) is 0. The molecule has 0 amide bonds. The van der Waals surface area contributed by atoms with E-state index in [1.54, 1.807) is 0 Å². The Kier molecular flexibility index (Phi) is 18.9. The standard InChI is InChI=1S/C32H53N3.C3H8/c1-7-11-15-29(6)31-17-16-30(10-4)27-32(31)35(22-18-28(5)9-3)26-25-33(19-8-2)23-24-34-20-13-12-14-21-34;1-3-2/h8-10,16-17,27,29H,2,4,7,11-15,18-26H2,1,3,5-6H3;3H2,1-2H3/b28-9-;. The van der Waals surface area contributed by atoms with Crippen molar-refractivity contribution in [1.29, 1.82) is 0 Å². The second kappa shape index (κ2) is 21.0. The Hall–Kier alpha value is -1.84. The van der Waals surface area contributed by atoms with E-state index in [9.17, 15) is 0 Å². The lowest BCUT2D eigenvalue weighted by Gasteiger charge is -2.33. The molecule has 1 heterocycles. The number of likely N-dealkylation sites (tertiary alicyclic amines) is 1. The van der Waals surface area contributed by atoms with Crippen molar-refractivity contribution >= 4 is 11.8 Å². The predicted molar refractivity (Wildman–Crippen MR) is 174 cm³/mol. The van der Waals surface area contributed by atoms with Crippen molar-refractivity contribution in [2.75, 3.05) is 57.3 Å². The molecule has 0 bridgehead atoms. The van der Waals surface area contributed by atoms with Gasteiger partial charge in [0.1, 0.15) is 0 Å². The molecule has 0 aromatic heterocycles. The van der Waals surface area contributed by atoms with Crippen LogP contribution in [0.3, 0.4) is 0 Å². The van der Waals surface area contributed by atoms with Gasteiger partial charge in [-0.15, -0.1) is 6.58 Å². The molecule has 3 nitrogen and oxygen atoms in total. The highest BCUT2D eigenvalue weighted by molar-refractivity contribution is 5.62. The molecule has 2 rings (SSSR count). The first kappa shape index (κ1) is 34.2. The van der Waals surface area contributed by atoms with Gasteiger partial charge in [0.15, 0.2) is 0 Å². The summed E-state index contributed by atoms with van der Waals surface area (Å²) in [5.41, 5.74) is 5.58. The maximum absolute atomic E-state index is 4.06. The van der Waals surface area contributed by atoms with Crippen molar-refractivity contribution in [3.63, 3.8) is 0 Å². The maximum Gasteiger partial charge on any atom is 0.0408 e. The molecule has 0 saturated carbocycles. The highest BCUT2D eigenvalue weighted by Gasteiger charge is 2.18. The van der Waals surface area contributed by atoms with Gasteiger partial charge in [-0.2, -0.15) is 0 Å². The molecule has 1 unspecified atom stereocenters. The summed E-state index contributed by atoms with van der Waals surface area (Å²) in [6.45, 7) is 30.4. The van der Waals surface area contributed by atoms with Gasteiger partial charge in [0.2, 0.25) is 0 Å². The summed E-state index contributed by atoms with van der Waals surface area (Å²) < 4.78 is 0. The molecular weight excluding hydrogens is 462 g/mol. The number of hydrogen-bond acceptors (Lipinski definition) is 3. The van der Waals surface area contributed by atoms with E-state index in [1.165, 1.54) is 87.0 Å². The molecule has 1 aromatic carbocycles. The molecule has 1 fully saturated rings. The lowest BCUT2D eigenvalue weighted by atomic mass is 9.92. The largest absolute Gasteiger partial charge is 0.370 e. The Bertz CT molecular complexity index is 790. The second-order valence-corrected chi connectivity index (χ2v) is 11.1. The van der Waals surface area contributed by atoms with Crippen molar-refractivity contribution < 1.29 is 0 Å². The van der Waals surface area contributed by atoms with Gasteiger partial charge in [-0.3, -0.25) is 4.90 Å². The van der Waals surface area contributed by atoms with Crippen LogP contribution in [0.4, 0.5) is 5.69 Å². The Morgan fingerprint density at radius 3 is 2.34 bits per heavy atom. The first-order chi connectivity index (χ1) is 18.4. The van der Waals surface area contributed by atoms with E-state index in [4.69, 9.17) is 0 Å². The van der Waals surface area contributed by atoms with Gasteiger partial charge in [0, 0.05) is 45.0 Å². The number of nitrogens with zero attached hydrogens (tertiary/aromatic N) is 3. The fourth-order valence-corrected chi connectivity index (χ4v) is 5.06. The molecule has 1 atom stereocenters. The van der Waals surface area contributed by atoms with Crippen LogP contribution in [-0.4, -0.2) is 62.2 Å². The van der Waals surface area contributed by atoms with Crippen LogP contribution in [-0.2, 0) is 0 Å². The minimum absolute atomic E-state index is 0.567. The van der Waals surface area contributed by atoms with E-state index in [0.717, 1.165) is 39.1 Å². The van der Waals surface area contributed by atoms with Crippen LogP contribution in [0.2, 0.25) is 0 Å². The topological polar surface area (TPSA) is 9.72 Å². The number of unbranched alkanes of at least 4 members (excludes halogenated alkanes) is 1. The van der Waals surface area contributed by atoms with Crippen LogP contribution in [0.5, 0.6) is 0 Å². The highest BCUT2D eigenvalue weighted by Crippen LogP contribution is 2.33. The fraction of sp³-hybridized carbons (Fsp3) is 0.657. The van der Waals surface area contributed by atoms with Gasteiger partial charge >= 0.3 is 0 Å². The average molecular weight is 524 g/mol. The quantitative estimate of drug-likeness (QED) is 0.188. The van der Waals surface area contributed by atoms with Crippen molar-refractivity contribution in [3.05, 3.63) is 60.2 Å². The van der Waals surface area contributed by atoms with Crippen LogP contribution < -0.4 is 4.90 Å². The summed E-state index contributed by atoms with van der Waals surface area (Å²) in [6, 6.07) is 6.98. The lowest BCUT2D eigenvalue weighted by Crippen LogP contribution is -2.41. The average Bonchev–Trinajstić information content (AvgIpc) is 2.94. The first-order valence-electron chi connectivity index (χ1n) is 15.6. The summed E-state index contributed by atoms with van der Waals surface area (Å²) in [7, 11) is 0. The summed E-state index contributed by atoms with van der Waals surface area (Å²) in [6.07, 6.45) is 16.6. The summed E-state index contributed by atoms with van der Waals surface area (Å²) in [4.78, 5) is 7.89. The monoisotopic (exact) mass is 523 g/mol. The first-order valence-corrected chi connectivity index (χ1v) is 15.6. The van der Waals surface area contributed by atoms with Crippen LogP contribution in [0.25, 0.3) is 6.08 Å². The van der Waals surface area contributed by atoms with Gasteiger partial charge in [-0.05, 0) is 75.7 Å². The van der Waals surface area contributed by atoms with E-state index in [-0.39, 0.29) is 0 Å². The molecule has 1 aliphatic heterocycles. The minimum Gasteiger partial charge on any atom is -0.370 e. The Balaban J connectivity index is 0.00000229. The van der Waals surface area contributed by atoms with E-state index in [0.29, 0.717) is 5.92 Å². The van der Waals surface area contributed by atoms with Crippen LogP contribution >= 0.6 is 0 Å². The van der Waals surface area contributed by atoms with Crippen LogP contribution in [0.1, 0.15) is 110 Å². The van der Waals surface area contributed by atoms with Crippen LogP contribution in [0, 0.1) is 0 Å². The predicted octanol–water partition coefficient (Wildman–Crippen LogP) is 9.18. The van der Waals surface area contributed by atoms with E-state index < -0.39 is 0 Å². The summed E-state index contributed by atoms with van der Waals surface area (Å²) in [5.74, 6) is 0.567. The third-order valence-electron chi connectivity index (χ3n) is 7.68. The van der Waals surface area contributed by atoms with Gasteiger partial charge < -0.3 is 9.80 Å². The molecule has 1 aliphatic rings. The molecule has 0 aliphatic carbocycles. The van der Waals surface area contributed by atoms with Crippen molar-refractivity contribution in [2.45, 2.75) is 98.8 Å². The van der Waals surface area contributed by atoms with E-state index in [1.807, 2.05) is 6.08 Å². The number of benzene rings is 1. The minimum atomic E-state index is 0.567. The maximum atomic E-state index is 4.06. The second-order valence-electron chi connectivity index (χ2n) is 11.1. The SMILES string of the molecule is C=CCN(CCN1CCCCC1)CCN(CC/C(C)=C\C)c1cc(C=C)ccc1C(C)CCCC.CCC. The van der Waals surface area contributed by atoms with Gasteiger partial charge in [0.25, 0.3) is 0 Å². The zero-order valence-corrected chi connectivity index (χ0v) is 26.1. The molecule has 0 spiro atoms. The van der Waals surface area contributed by atoms with Crippen LogP contribution in [0.15, 0.2) is 49.1 Å². The lowest BCUT2D eigenvalue weighted by molar-refractivity contribution is 0.190. The zero-order valence-electron chi connectivity index (χ0n) is 26.1. The number of rotatable bonds is 17. The molecular formula is C35H61N3. The van der Waals surface area contributed by atoms with Crippen molar-refractivity contribution in [3.8, 4) is 0 Å². The molecule has 0 N–H and O–H groups in total. The Labute approximate surface area is 237 Å². The van der Waals surface area contributed by atoms with Crippen molar-refractivity contribution in [2.24, 2.45) is 0 Å². The molecule has 3 heteroatoms. The Morgan fingerprint density at radius 1 is 1.03 bits per heavy atom. The molecule has 216 valence electrons. The number of hydrogen-bond donors (Lipinski definition) is 0. The summed E-state index contributed by atoms with van der Waals surface area (Å²) >= 11 is 0. The number of allylic oxidation sites excluding steroid dienone is 1. The Morgan fingerprint density at radius 2 is 1.74 bits per heavy atom. The normalized spacial score (nSPS) is 15.1. The van der Waals surface area contributed by atoms with E-state index in [2.05, 4.69) is 99.8 Å². The molecule has 38 heavy (non-hydrogen) atoms. The highest BCUT2D eigenvalue weighted by atomic mass is 15.2. The van der Waals surface area contributed by atoms with Gasteiger partial charge in [-0.25, -0.2) is 0 Å². The smallest absolute Gasteiger partial charge is 0.0408 e. The fourth-order valence-electron chi connectivity index (χ4n) is 5.06. The molecule has 0 radical (unpaired) electrons.